The number of anilines is 1. The van der Waals surface area contributed by atoms with Gasteiger partial charge in [-0.3, -0.25) is 9.59 Å². The lowest BCUT2D eigenvalue weighted by atomic mass is 10.2. The first-order chi connectivity index (χ1) is 14.0. The van der Waals surface area contributed by atoms with Gasteiger partial charge in [0.1, 0.15) is 4.70 Å². The minimum absolute atomic E-state index is 0.0326. The Labute approximate surface area is 170 Å². The highest BCUT2D eigenvalue weighted by molar-refractivity contribution is 7.22. The Balaban J connectivity index is 1.76. The van der Waals surface area contributed by atoms with E-state index in [4.69, 9.17) is 5.26 Å². The van der Waals surface area contributed by atoms with Crippen LogP contribution in [0.2, 0.25) is 0 Å². The van der Waals surface area contributed by atoms with Crippen LogP contribution in [0.3, 0.4) is 0 Å². The van der Waals surface area contributed by atoms with Crippen LogP contribution in [0.4, 0.5) is 5.13 Å². The minimum Gasteiger partial charge on any atom is -0.394 e. The number of aliphatic hydroxyl groups excluding tert-OH is 1. The Morgan fingerprint density at radius 3 is 2.72 bits per heavy atom. The van der Waals surface area contributed by atoms with E-state index in [2.05, 4.69) is 26.8 Å². The maximum absolute atomic E-state index is 12.7. The monoisotopic (exact) mass is 410 g/mol. The topological polar surface area (TPSA) is 133 Å². The molecule has 148 valence electrons. The Morgan fingerprint density at radius 1 is 1.38 bits per heavy atom. The van der Waals surface area contributed by atoms with Crippen LogP contribution in [-0.2, 0) is 4.79 Å². The van der Waals surface area contributed by atoms with Crippen LogP contribution in [0.15, 0.2) is 24.3 Å². The number of fused-ring (bicyclic) bond motifs is 1. The molecule has 2 heterocycles. The van der Waals surface area contributed by atoms with Gasteiger partial charge in [-0.25, -0.2) is 4.68 Å². The first-order valence-corrected chi connectivity index (χ1v) is 9.94. The molecule has 29 heavy (non-hydrogen) atoms. The normalized spacial score (nSPS) is 14.4. The molecule has 1 saturated carbocycles. The molecular weight excluding hydrogens is 392 g/mol. The molecule has 10 heteroatoms. The zero-order valence-corrected chi connectivity index (χ0v) is 16.4. The van der Waals surface area contributed by atoms with Crippen LogP contribution in [-0.4, -0.2) is 44.3 Å². The smallest absolute Gasteiger partial charge is 0.273 e. The molecule has 4 rings (SSSR count). The number of benzene rings is 1. The number of nitrogens with one attached hydrogen (secondary N) is 2. The third kappa shape index (κ3) is 3.83. The van der Waals surface area contributed by atoms with E-state index in [-0.39, 0.29) is 24.1 Å². The third-order valence-electron chi connectivity index (χ3n) is 4.51. The summed E-state index contributed by atoms with van der Waals surface area (Å²) in [6.07, 6.45) is 1.75. The Kier molecular flexibility index (Phi) is 5.00. The number of carbonyl (C=O) groups is 2. The fourth-order valence-electron chi connectivity index (χ4n) is 2.75. The van der Waals surface area contributed by atoms with Gasteiger partial charge in [-0.2, -0.15) is 15.3 Å². The summed E-state index contributed by atoms with van der Waals surface area (Å²) in [4.78, 5) is 29.2. The van der Waals surface area contributed by atoms with Crippen molar-refractivity contribution in [3.05, 3.63) is 35.5 Å². The molecule has 2 amide bonds. The van der Waals surface area contributed by atoms with Gasteiger partial charge in [0.25, 0.3) is 5.91 Å². The van der Waals surface area contributed by atoms with Crippen LogP contribution in [0.25, 0.3) is 16.0 Å². The molecule has 1 atom stereocenters. The van der Waals surface area contributed by atoms with E-state index < -0.39 is 11.9 Å². The lowest BCUT2D eigenvalue weighted by Gasteiger charge is -2.09. The zero-order valence-electron chi connectivity index (χ0n) is 15.5. The molecule has 0 unspecified atom stereocenters. The second-order valence-corrected chi connectivity index (χ2v) is 7.91. The van der Waals surface area contributed by atoms with Gasteiger partial charge < -0.3 is 15.7 Å². The summed E-state index contributed by atoms with van der Waals surface area (Å²) in [5.74, 6) is -0.475. The van der Waals surface area contributed by atoms with Crippen molar-refractivity contribution in [3.8, 4) is 11.8 Å². The number of carbonyl (C=O) groups excluding carboxylic acids is 2. The van der Waals surface area contributed by atoms with Crippen molar-refractivity contribution in [1.82, 2.24) is 20.1 Å². The Morgan fingerprint density at radius 2 is 2.10 bits per heavy atom. The summed E-state index contributed by atoms with van der Waals surface area (Å²) < 4.78 is 2.04. The van der Waals surface area contributed by atoms with Gasteiger partial charge in [-0.05, 0) is 44.0 Å². The lowest BCUT2D eigenvalue weighted by Crippen LogP contribution is -2.35. The molecule has 1 fully saturated rings. The largest absolute Gasteiger partial charge is 0.394 e. The number of nitriles is 1. The molecule has 1 aliphatic rings. The summed E-state index contributed by atoms with van der Waals surface area (Å²) in [7, 11) is 0. The van der Waals surface area contributed by atoms with E-state index in [1.807, 2.05) is 0 Å². The Hall–Kier alpha value is -3.29. The number of aromatic nitrogens is 3. The molecule has 0 spiro atoms. The molecule has 2 aromatic heterocycles. The zero-order chi connectivity index (χ0) is 20.5. The van der Waals surface area contributed by atoms with Gasteiger partial charge >= 0.3 is 0 Å². The number of thiazole rings is 1. The maximum atomic E-state index is 12.7. The van der Waals surface area contributed by atoms with Crippen molar-refractivity contribution < 1.29 is 14.7 Å². The summed E-state index contributed by atoms with van der Waals surface area (Å²) in [6, 6.07) is 8.36. The summed E-state index contributed by atoms with van der Waals surface area (Å²) in [5, 5.41) is 28.5. The number of hydrogen-bond donors (Lipinski definition) is 3. The standard InChI is InChI=1S/C19H18N6O3S/c1-10(9-26)21-18(28)14-15-16(22-19(29-15)23-17(27)12-4-5-12)25(24-14)13-6-2-11(8-20)3-7-13/h2-3,6-7,10,12,26H,4-5,9H2,1H3,(H,21,28)(H,22,23,27)/t10-/m1/s1. The highest BCUT2D eigenvalue weighted by Crippen LogP contribution is 2.34. The molecule has 3 N–H and O–H groups in total. The van der Waals surface area contributed by atoms with E-state index in [9.17, 15) is 14.7 Å². The van der Waals surface area contributed by atoms with Crippen LogP contribution in [0, 0.1) is 17.2 Å². The average molecular weight is 410 g/mol. The van der Waals surface area contributed by atoms with Crippen molar-refractivity contribution in [3.63, 3.8) is 0 Å². The van der Waals surface area contributed by atoms with Gasteiger partial charge in [0.2, 0.25) is 5.91 Å². The molecule has 0 saturated heterocycles. The van der Waals surface area contributed by atoms with Crippen molar-refractivity contribution in [2.45, 2.75) is 25.8 Å². The van der Waals surface area contributed by atoms with E-state index in [1.165, 1.54) is 16.0 Å². The molecule has 1 aromatic carbocycles. The van der Waals surface area contributed by atoms with Crippen molar-refractivity contribution in [1.29, 1.82) is 5.26 Å². The van der Waals surface area contributed by atoms with Crippen LogP contribution in [0.1, 0.15) is 35.8 Å². The summed E-state index contributed by atoms with van der Waals surface area (Å²) in [6.45, 7) is 1.48. The predicted molar refractivity (Wildman–Crippen MR) is 107 cm³/mol. The molecular formula is C19H18N6O3S. The second-order valence-electron chi connectivity index (χ2n) is 6.91. The molecule has 1 aliphatic carbocycles. The van der Waals surface area contributed by atoms with E-state index in [0.717, 1.165) is 12.8 Å². The number of aliphatic hydroxyl groups is 1. The molecule has 3 aromatic rings. The van der Waals surface area contributed by atoms with Crippen LogP contribution in [0.5, 0.6) is 0 Å². The number of rotatable bonds is 6. The molecule has 0 radical (unpaired) electrons. The lowest BCUT2D eigenvalue weighted by molar-refractivity contribution is -0.117. The SMILES string of the molecule is C[C@H](CO)NC(=O)c1nn(-c2ccc(C#N)cc2)c2nc(NC(=O)C3CC3)sc12. The quantitative estimate of drug-likeness (QED) is 0.568. The van der Waals surface area contributed by atoms with Crippen LogP contribution < -0.4 is 10.6 Å². The first-order valence-electron chi connectivity index (χ1n) is 9.13. The maximum Gasteiger partial charge on any atom is 0.273 e. The van der Waals surface area contributed by atoms with Gasteiger partial charge in [0, 0.05) is 12.0 Å². The minimum atomic E-state index is -0.437. The predicted octanol–water partition coefficient (Wildman–Crippen LogP) is 1.81. The molecule has 0 aliphatic heterocycles. The highest BCUT2D eigenvalue weighted by atomic mass is 32.1. The van der Waals surface area contributed by atoms with Gasteiger partial charge in [-0.15, -0.1) is 0 Å². The fourth-order valence-corrected chi connectivity index (χ4v) is 3.68. The van der Waals surface area contributed by atoms with Crippen molar-refractivity contribution >= 4 is 38.6 Å². The van der Waals surface area contributed by atoms with Crippen molar-refractivity contribution in [2.24, 2.45) is 5.92 Å². The van der Waals surface area contributed by atoms with Gasteiger partial charge in [0.15, 0.2) is 16.5 Å². The van der Waals surface area contributed by atoms with E-state index >= 15 is 0 Å². The second kappa shape index (κ2) is 7.62. The molecule has 9 nitrogen and oxygen atoms in total. The van der Waals surface area contributed by atoms with E-state index in [1.54, 1.807) is 31.2 Å². The van der Waals surface area contributed by atoms with Gasteiger partial charge in [0.05, 0.1) is 23.9 Å². The third-order valence-corrected chi connectivity index (χ3v) is 5.48. The van der Waals surface area contributed by atoms with Crippen molar-refractivity contribution in [2.75, 3.05) is 11.9 Å². The average Bonchev–Trinajstić information content (AvgIpc) is 3.42. The number of amides is 2. The fraction of sp³-hybridized carbons (Fsp3) is 0.316. The van der Waals surface area contributed by atoms with Crippen LogP contribution >= 0.6 is 11.3 Å². The number of hydrogen-bond acceptors (Lipinski definition) is 7. The highest BCUT2D eigenvalue weighted by Gasteiger charge is 2.31. The van der Waals surface area contributed by atoms with E-state index in [0.29, 0.717) is 26.7 Å². The Bertz CT molecular complexity index is 1120. The van der Waals surface area contributed by atoms with Gasteiger partial charge in [-0.1, -0.05) is 11.3 Å². The summed E-state index contributed by atoms with van der Waals surface area (Å²) >= 11 is 1.18. The number of nitrogens with zero attached hydrogens (tertiary/aromatic N) is 4. The summed E-state index contributed by atoms with van der Waals surface area (Å²) in [5.41, 5.74) is 1.73. The first kappa shape index (κ1) is 19.0. The molecule has 0 bridgehead atoms.